The first kappa shape index (κ1) is 15.2. The topological polar surface area (TPSA) is 73.3 Å². The Hall–Kier alpha value is -2.15. The Labute approximate surface area is 127 Å². The summed E-state index contributed by atoms with van der Waals surface area (Å²) in [6.45, 7) is 6.63. The number of anilines is 1. The van der Waals surface area contributed by atoms with Crippen LogP contribution in [0.2, 0.25) is 0 Å². The molecule has 0 spiro atoms. The molecular weight excluding hydrogens is 290 g/mol. The number of hydrogen-bond acceptors (Lipinski definition) is 6. The molecule has 1 aromatic carbocycles. The van der Waals surface area contributed by atoms with Gasteiger partial charge >= 0.3 is 0 Å². The Morgan fingerprint density at radius 2 is 1.95 bits per heavy atom. The minimum atomic E-state index is -0.228. The predicted molar refractivity (Wildman–Crippen MR) is 81.4 cm³/mol. The van der Waals surface area contributed by atoms with Crippen LogP contribution in [0.25, 0.3) is 0 Å². The zero-order valence-corrected chi connectivity index (χ0v) is 13.0. The molecule has 0 fully saturated rings. The highest BCUT2D eigenvalue weighted by atomic mass is 32.1. The number of carbonyl (C=O) groups excluding carboxylic acids is 1. The second-order valence-corrected chi connectivity index (χ2v) is 4.92. The van der Waals surface area contributed by atoms with Crippen LogP contribution < -0.4 is 14.8 Å². The highest BCUT2D eigenvalue weighted by Crippen LogP contribution is 2.31. The lowest BCUT2D eigenvalue weighted by atomic mass is 10.2. The Balaban J connectivity index is 2.18. The van der Waals surface area contributed by atoms with Crippen LogP contribution in [0.15, 0.2) is 18.2 Å². The van der Waals surface area contributed by atoms with E-state index in [0.29, 0.717) is 41.0 Å². The third-order valence-electron chi connectivity index (χ3n) is 2.66. The van der Waals surface area contributed by atoms with Gasteiger partial charge in [0.2, 0.25) is 0 Å². The molecular formula is C14H17N3O3S. The molecule has 0 atom stereocenters. The van der Waals surface area contributed by atoms with Gasteiger partial charge in [-0.05, 0) is 44.4 Å². The molecule has 0 unspecified atom stereocenters. The van der Waals surface area contributed by atoms with E-state index >= 15 is 0 Å². The lowest BCUT2D eigenvalue weighted by Gasteiger charge is -2.12. The summed E-state index contributed by atoms with van der Waals surface area (Å²) in [6.07, 6.45) is 0. The van der Waals surface area contributed by atoms with E-state index in [-0.39, 0.29) is 5.91 Å². The second-order valence-electron chi connectivity index (χ2n) is 4.17. The van der Waals surface area contributed by atoms with Gasteiger partial charge in [-0.25, -0.2) is 0 Å². The van der Waals surface area contributed by atoms with Gasteiger partial charge in [0, 0.05) is 11.8 Å². The van der Waals surface area contributed by atoms with Gasteiger partial charge in [0.25, 0.3) is 5.91 Å². The van der Waals surface area contributed by atoms with Crippen LogP contribution in [-0.4, -0.2) is 28.7 Å². The van der Waals surface area contributed by atoms with Gasteiger partial charge in [-0.3, -0.25) is 4.79 Å². The van der Waals surface area contributed by atoms with Crippen LogP contribution in [0.1, 0.15) is 29.2 Å². The van der Waals surface area contributed by atoms with E-state index in [0.717, 1.165) is 11.5 Å². The van der Waals surface area contributed by atoms with E-state index in [1.165, 1.54) is 0 Å². The molecule has 1 aromatic heterocycles. The highest BCUT2D eigenvalue weighted by molar-refractivity contribution is 7.08. The van der Waals surface area contributed by atoms with Gasteiger partial charge in [-0.2, -0.15) is 0 Å². The lowest BCUT2D eigenvalue weighted by molar-refractivity contribution is 0.103. The third kappa shape index (κ3) is 3.69. The molecule has 0 radical (unpaired) electrons. The normalized spacial score (nSPS) is 10.2. The first-order chi connectivity index (χ1) is 10.2. The van der Waals surface area contributed by atoms with Crippen molar-refractivity contribution in [2.45, 2.75) is 20.8 Å². The molecule has 0 saturated heterocycles. The van der Waals surface area contributed by atoms with Crippen molar-refractivity contribution >= 4 is 23.1 Å². The largest absolute Gasteiger partial charge is 0.490 e. The summed E-state index contributed by atoms with van der Waals surface area (Å²) >= 11 is 1.07. The summed E-state index contributed by atoms with van der Waals surface area (Å²) in [5, 5.41) is 6.64. The number of nitrogens with zero attached hydrogens (tertiary/aromatic N) is 2. The molecule has 0 aliphatic carbocycles. The Morgan fingerprint density at radius 3 is 2.57 bits per heavy atom. The van der Waals surface area contributed by atoms with Crippen molar-refractivity contribution in [1.29, 1.82) is 0 Å². The van der Waals surface area contributed by atoms with Gasteiger partial charge in [0.15, 0.2) is 11.5 Å². The maximum Gasteiger partial charge on any atom is 0.269 e. The fraction of sp³-hybridized carbons (Fsp3) is 0.357. The number of hydrogen-bond donors (Lipinski definition) is 1. The van der Waals surface area contributed by atoms with E-state index in [2.05, 4.69) is 14.9 Å². The zero-order valence-electron chi connectivity index (χ0n) is 12.2. The van der Waals surface area contributed by atoms with Crippen molar-refractivity contribution in [3.8, 4) is 11.5 Å². The first-order valence-electron chi connectivity index (χ1n) is 6.65. The summed E-state index contributed by atoms with van der Waals surface area (Å²) in [5.41, 5.74) is 1.26. The van der Waals surface area contributed by atoms with Crippen molar-refractivity contribution in [2.24, 2.45) is 0 Å². The number of rotatable bonds is 6. The number of aromatic nitrogens is 2. The standard InChI is InChI=1S/C14H17N3O3S/c1-4-19-11-7-6-10(8-12(11)20-5-2)15-14(18)13-9(3)16-17-21-13/h6-8H,4-5H2,1-3H3,(H,15,18). The molecule has 2 rings (SSSR count). The maximum atomic E-state index is 12.1. The van der Waals surface area contributed by atoms with Gasteiger partial charge in [0.05, 0.1) is 18.9 Å². The Kier molecular flexibility index (Phi) is 5.10. The van der Waals surface area contributed by atoms with E-state index in [1.807, 2.05) is 13.8 Å². The van der Waals surface area contributed by atoms with Crippen molar-refractivity contribution in [3.63, 3.8) is 0 Å². The average Bonchev–Trinajstić information content (AvgIpc) is 2.88. The zero-order chi connectivity index (χ0) is 15.2. The first-order valence-corrected chi connectivity index (χ1v) is 7.43. The molecule has 7 heteroatoms. The van der Waals surface area contributed by atoms with Crippen LogP contribution >= 0.6 is 11.5 Å². The molecule has 0 aliphatic rings. The minimum absolute atomic E-state index is 0.228. The number of carbonyl (C=O) groups is 1. The number of nitrogens with one attached hydrogen (secondary N) is 1. The van der Waals surface area contributed by atoms with E-state index in [9.17, 15) is 4.79 Å². The molecule has 2 aromatic rings. The molecule has 1 N–H and O–H groups in total. The molecule has 1 heterocycles. The molecule has 0 bridgehead atoms. The fourth-order valence-electron chi connectivity index (χ4n) is 1.76. The van der Waals surface area contributed by atoms with Gasteiger partial charge in [-0.15, -0.1) is 5.10 Å². The van der Waals surface area contributed by atoms with Gasteiger partial charge < -0.3 is 14.8 Å². The molecule has 0 aliphatic heterocycles. The smallest absolute Gasteiger partial charge is 0.269 e. The summed E-state index contributed by atoms with van der Waals surface area (Å²) in [7, 11) is 0. The number of ether oxygens (including phenoxy) is 2. The summed E-state index contributed by atoms with van der Waals surface area (Å²) in [4.78, 5) is 12.6. The highest BCUT2D eigenvalue weighted by Gasteiger charge is 2.14. The monoisotopic (exact) mass is 307 g/mol. The SMILES string of the molecule is CCOc1ccc(NC(=O)c2snnc2C)cc1OCC. The maximum absolute atomic E-state index is 12.1. The van der Waals surface area contributed by atoms with E-state index < -0.39 is 0 Å². The number of amides is 1. The van der Waals surface area contributed by atoms with Crippen LogP contribution in [0, 0.1) is 6.92 Å². The van der Waals surface area contributed by atoms with E-state index in [1.54, 1.807) is 25.1 Å². The summed E-state index contributed by atoms with van der Waals surface area (Å²) in [5.74, 6) is 1.04. The summed E-state index contributed by atoms with van der Waals surface area (Å²) in [6, 6.07) is 5.30. The van der Waals surface area contributed by atoms with Crippen molar-refractivity contribution < 1.29 is 14.3 Å². The van der Waals surface area contributed by atoms with Crippen LogP contribution in [0.4, 0.5) is 5.69 Å². The quantitative estimate of drug-likeness (QED) is 0.888. The third-order valence-corrected chi connectivity index (χ3v) is 3.49. The van der Waals surface area contributed by atoms with Crippen LogP contribution in [0.3, 0.4) is 0 Å². The molecule has 1 amide bonds. The molecule has 6 nitrogen and oxygen atoms in total. The minimum Gasteiger partial charge on any atom is -0.490 e. The van der Waals surface area contributed by atoms with Gasteiger partial charge in [0.1, 0.15) is 4.88 Å². The molecule has 0 saturated carbocycles. The summed E-state index contributed by atoms with van der Waals surface area (Å²) < 4.78 is 14.8. The fourth-order valence-corrected chi connectivity index (χ4v) is 2.31. The van der Waals surface area contributed by atoms with Crippen LogP contribution in [-0.2, 0) is 0 Å². The lowest BCUT2D eigenvalue weighted by Crippen LogP contribution is -2.11. The van der Waals surface area contributed by atoms with Crippen molar-refractivity contribution in [2.75, 3.05) is 18.5 Å². The van der Waals surface area contributed by atoms with Crippen molar-refractivity contribution in [3.05, 3.63) is 28.8 Å². The van der Waals surface area contributed by atoms with E-state index in [4.69, 9.17) is 9.47 Å². The van der Waals surface area contributed by atoms with Gasteiger partial charge in [-0.1, -0.05) is 4.49 Å². The molecule has 21 heavy (non-hydrogen) atoms. The Bertz CT molecular complexity index is 628. The molecule has 112 valence electrons. The second kappa shape index (κ2) is 7.03. The average molecular weight is 307 g/mol. The number of aryl methyl sites for hydroxylation is 1. The Morgan fingerprint density at radius 1 is 1.24 bits per heavy atom. The van der Waals surface area contributed by atoms with Crippen LogP contribution in [0.5, 0.6) is 11.5 Å². The predicted octanol–water partition coefficient (Wildman–Crippen LogP) is 2.90. The number of benzene rings is 1. The van der Waals surface area contributed by atoms with Crippen molar-refractivity contribution in [1.82, 2.24) is 9.59 Å².